The first-order valence-corrected chi connectivity index (χ1v) is 22.0. The summed E-state index contributed by atoms with van der Waals surface area (Å²) >= 11 is 0. The molecule has 14 rings (SSSR count). The lowest BCUT2D eigenvalue weighted by Crippen LogP contribution is -2.63. The first-order valence-electron chi connectivity index (χ1n) is 22.0. The summed E-state index contributed by atoms with van der Waals surface area (Å²) in [6, 6.07) is 65.8. The van der Waals surface area contributed by atoms with Crippen molar-refractivity contribution in [1.82, 2.24) is 0 Å². The Balaban J connectivity index is 1.18. The molecule has 0 spiro atoms. The first-order chi connectivity index (χ1) is 30.3. The molecule has 0 saturated carbocycles. The molecule has 9 aromatic carbocycles. The molecule has 0 saturated heterocycles. The van der Waals surface area contributed by atoms with Crippen LogP contribution in [0.2, 0.25) is 0 Å². The molecule has 1 aliphatic carbocycles. The highest BCUT2D eigenvalue weighted by Crippen LogP contribution is 2.61. The molecule has 3 aliphatic heterocycles. The summed E-state index contributed by atoms with van der Waals surface area (Å²) in [4.78, 5) is 5.35. The molecule has 0 radical (unpaired) electrons. The summed E-state index contributed by atoms with van der Waals surface area (Å²) in [6.45, 7) is 9.60. The van der Waals surface area contributed by atoms with Crippen LogP contribution in [0.25, 0.3) is 66.1 Å². The summed E-state index contributed by atoms with van der Waals surface area (Å²) in [5, 5.41) is 4.79. The van der Waals surface area contributed by atoms with Crippen molar-refractivity contribution in [2.45, 2.75) is 38.5 Å². The van der Waals surface area contributed by atoms with Crippen LogP contribution in [0.1, 0.15) is 49.9 Å². The largest absolute Gasteiger partial charge is 0.454 e. The van der Waals surface area contributed by atoms with Crippen molar-refractivity contribution in [2.24, 2.45) is 0 Å². The highest BCUT2D eigenvalue weighted by molar-refractivity contribution is 6.94. The Kier molecular flexibility index (Phi) is 6.52. The summed E-state index contributed by atoms with van der Waals surface area (Å²) in [6.07, 6.45) is 0. The summed E-state index contributed by atoms with van der Waals surface area (Å²) in [5.74, 6) is 0. The molecular formula is C58H41BN2O. The van der Waals surface area contributed by atoms with Gasteiger partial charge in [0.2, 0.25) is 0 Å². The maximum atomic E-state index is 6.96. The van der Waals surface area contributed by atoms with Crippen LogP contribution in [0.15, 0.2) is 180 Å². The predicted octanol–water partition coefficient (Wildman–Crippen LogP) is 14.1. The lowest BCUT2D eigenvalue weighted by atomic mass is 9.42. The van der Waals surface area contributed by atoms with E-state index in [4.69, 9.17) is 4.42 Å². The predicted molar refractivity (Wildman–Crippen MR) is 260 cm³/mol. The molecule has 62 heavy (non-hydrogen) atoms. The highest BCUT2D eigenvalue weighted by Gasteiger charge is 2.53. The number of hydrogen-bond donors (Lipinski definition) is 0. The summed E-state index contributed by atoms with van der Waals surface area (Å²) in [5.41, 5.74) is 23.1. The Morgan fingerprint density at radius 2 is 1.18 bits per heavy atom. The fourth-order valence-corrected chi connectivity index (χ4v) is 12.1. The van der Waals surface area contributed by atoms with Crippen molar-refractivity contribution in [1.29, 1.82) is 0 Å². The second-order valence-corrected chi connectivity index (χ2v) is 18.8. The fraction of sp³-hybridized carbons (Fsp3) is 0.103. The van der Waals surface area contributed by atoms with E-state index in [2.05, 4.69) is 213 Å². The molecule has 0 amide bonds. The lowest BCUT2D eigenvalue weighted by Gasteiger charge is -2.51. The molecule has 0 bridgehead atoms. The number of anilines is 5. The normalized spacial score (nSPS) is 15.6. The van der Waals surface area contributed by atoms with Gasteiger partial charge in [0.05, 0.1) is 11.4 Å². The second-order valence-electron chi connectivity index (χ2n) is 18.8. The Labute approximate surface area is 361 Å². The van der Waals surface area contributed by atoms with E-state index in [0.29, 0.717) is 0 Å². The third kappa shape index (κ3) is 4.22. The zero-order chi connectivity index (χ0) is 41.2. The van der Waals surface area contributed by atoms with Crippen LogP contribution in [-0.4, -0.2) is 6.85 Å². The average molecular weight is 793 g/mol. The van der Waals surface area contributed by atoms with E-state index >= 15 is 0 Å². The van der Waals surface area contributed by atoms with Gasteiger partial charge in [-0.1, -0.05) is 161 Å². The molecule has 3 nitrogen and oxygen atoms in total. The Hall–Kier alpha value is -7.30. The first kappa shape index (κ1) is 34.4. The molecular weight excluding hydrogens is 751 g/mol. The third-order valence-corrected chi connectivity index (χ3v) is 14.9. The fourth-order valence-electron chi connectivity index (χ4n) is 12.1. The Morgan fingerprint density at radius 1 is 0.452 bits per heavy atom. The van der Waals surface area contributed by atoms with Crippen LogP contribution in [0.3, 0.4) is 0 Å². The standard InChI is InChI=1S/C58H41BN2O/c1-57(2)45-24-15-25-47-54(45)60(50-32-36-19-9-8-18-35(36)31-46(50)57)55-52-42(38-20-10-12-23-44(38)58(52,3)4)33-43-41-30-37(34-16-6-5-7-17-34)28-29-48(41)61(59(47)53(43)55)49-26-14-22-40-39-21-11-13-27-51(39)62-56(40)49/h5-33H,1-4H3. The van der Waals surface area contributed by atoms with Crippen molar-refractivity contribution < 1.29 is 4.42 Å². The van der Waals surface area contributed by atoms with E-state index in [1.165, 1.54) is 100 Å². The number of fused-ring (bicyclic) bond motifs is 14. The van der Waals surface area contributed by atoms with Crippen LogP contribution in [0.5, 0.6) is 0 Å². The number of nitrogens with zero attached hydrogens (tertiary/aromatic N) is 2. The van der Waals surface area contributed by atoms with Crippen molar-refractivity contribution in [2.75, 3.05) is 9.71 Å². The van der Waals surface area contributed by atoms with Gasteiger partial charge in [0, 0.05) is 44.2 Å². The number of rotatable bonds is 2. The molecule has 0 N–H and O–H groups in total. The summed E-state index contributed by atoms with van der Waals surface area (Å²) < 4.78 is 6.96. The molecule has 4 heterocycles. The average Bonchev–Trinajstić information content (AvgIpc) is 3.80. The van der Waals surface area contributed by atoms with E-state index in [-0.39, 0.29) is 17.7 Å². The molecule has 0 unspecified atom stereocenters. The monoisotopic (exact) mass is 792 g/mol. The number of furan rings is 1. The van der Waals surface area contributed by atoms with Gasteiger partial charge in [-0.25, -0.2) is 0 Å². The van der Waals surface area contributed by atoms with Gasteiger partial charge in [-0.2, -0.15) is 0 Å². The van der Waals surface area contributed by atoms with E-state index in [1.807, 2.05) is 0 Å². The molecule has 1 aromatic heterocycles. The Bertz CT molecular complexity index is 3620. The highest BCUT2D eigenvalue weighted by atomic mass is 16.3. The van der Waals surface area contributed by atoms with E-state index in [0.717, 1.165) is 27.6 Å². The zero-order valence-corrected chi connectivity index (χ0v) is 35.1. The third-order valence-electron chi connectivity index (χ3n) is 14.9. The molecule has 10 aromatic rings. The minimum atomic E-state index is -0.271. The van der Waals surface area contributed by atoms with Gasteiger partial charge < -0.3 is 14.1 Å². The second kappa shape index (κ2) is 11.7. The van der Waals surface area contributed by atoms with Crippen molar-refractivity contribution in [3.63, 3.8) is 0 Å². The lowest BCUT2D eigenvalue weighted by molar-refractivity contribution is 0.631. The van der Waals surface area contributed by atoms with Crippen LogP contribution >= 0.6 is 0 Å². The van der Waals surface area contributed by atoms with Gasteiger partial charge in [0.25, 0.3) is 0 Å². The Morgan fingerprint density at radius 3 is 2.05 bits per heavy atom. The quantitative estimate of drug-likeness (QED) is 0.163. The van der Waals surface area contributed by atoms with Gasteiger partial charge in [0.15, 0.2) is 5.58 Å². The molecule has 4 aliphatic rings. The van der Waals surface area contributed by atoms with Gasteiger partial charge in [0.1, 0.15) is 5.58 Å². The SMILES string of the molecule is CC1(C)c2cc3ccccc3cc2N2c3c(cccc31)B1c3c(cc4c(c32)C(C)(C)c2ccccc2-4)-c2cc(-c3ccccc3)ccc2N1c1cccc2c1oc1ccccc12. The van der Waals surface area contributed by atoms with Crippen LogP contribution in [0.4, 0.5) is 28.4 Å². The smallest absolute Gasteiger partial charge is 0.333 e. The van der Waals surface area contributed by atoms with E-state index in [9.17, 15) is 0 Å². The van der Waals surface area contributed by atoms with Crippen LogP contribution in [0, 0.1) is 0 Å². The van der Waals surface area contributed by atoms with E-state index < -0.39 is 0 Å². The van der Waals surface area contributed by atoms with E-state index in [1.54, 1.807) is 0 Å². The van der Waals surface area contributed by atoms with Gasteiger partial charge in [-0.3, -0.25) is 0 Å². The summed E-state index contributed by atoms with van der Waals surface area (Å²) in [7, 11) is 0. The molecule has 4 heteroatoms. The zero-order valence-electron chi connectivity index (χ0n) is 35.1. The van der Waals surface area contributed by atoms with Gasteiger partial charge in [-0.15, -0.1) is 0 Å². The minimum absolute atomic E-state index is 0.150. The van der Waals surface area contributed by atoms with Crippen LogP contribution in [-0.2, 0) is 10.8 Å². The van der Waals surface area contributed by atoms with Crippen molar-refractivity contribution in [3.8, 4) is 33.4 Å². The number of hydrogen-bond acceptors (Lipinski definition) is 3. The maximum absolute atomic E-state index is 6.96. The topological polar surface area (TPSA) is 19.6 Å². The number of para-hydroxylation sites is 3. The van der Waals surface area contributed by atoms with Crippen molar-refractivity contribution >= 4 is 78.9 Å². The van der Waals surface area contributed by atoms with Crippen LogP contribution < -0.4 is 20.6 Å². The molecule has 0 atom stereocenters. The van der Waals surface area contributed by atoms with Gasteiger partial charge >= 0.3 is 6.85 Å². The molecule has 292 valence electrons. The maximum Gasteiger partial charge on any atom is 0.333 e. The minimum Gasteiger partial charge on any atom is -0.454 e. The van der Waals surface area contributed by atoms with Crippen molar-refractivity contribution in [3.05, 3.63) is 198 Å². The number of benzene rings is 9. The molecule has 0 fully saturated rings. The van der Waals surface area contributed by atoms with Gasteiger partial charge in [-0.05, 0) is 114 Å².